The zero-order chi connectivity index (χ0) is 21.5. The molecule has 30 heavy (non-hydrogen) atoms. The van der Waals surface area contributed by atoms with Crippen LogP contribution in [0.3, 0.4) is 0 Å². The van der Waals surface area contributed by atoms with Crippen LogP contribution in [0.2, 0.25) is 10.0 Å². The first kappa shape index (κ1) is 22.3. The van der Waals surface area contributed by atoms with Crippen molar-refractivity contribution in [1.29, 1.82) is 0 Å². The van der Waals surface area contributed by atoms with Crippen molar-refractivity contribution in [3.05, 3.63) is 70.1 Å². The molecule has 0 saturated carbocycles. The minimum Gasteiger partial charge on any atom is -0.324 e. The molecule has 0 radical (unpaired) electrons. The molecule has 0 aliphatic rings. The number of para-hydroxylation sites is 1. The van der Waals surface area contributed by atoms with Gasteiger partial charge in [0.25, 0.3) is 0 Å². The summed E-state index contributed by atoms with van der Waals surface area (Å²) in [5, 5.41) is 10.9. The lowest BCUT2D eigenvalue weighted by molar-refractivity contribution is -0.116. The average molecular weight is 449 g/mol. The molecule has 1 aromatic heterocycles. The Morgan fingerprint density at radius 1 is 1.13 bits per heavy atom. The first-order chi connectivity index (χ1) is 14.4. The van der Waals surface area contributed by atoms with Gasteiger partial charge in [-0.05, 0) is 68.9 Å². The largest absolute Gasteiger partial charge is 0.324 e. The fraction of sp³-hybridized carbons (Fsp3) is 0.273. The number of hydrogen-bond acceptors (Lipinski definition) is 3. The molecule has 0 saturated heterocycles. The van der Waals surface area contributed by atoms with E-state index >= 15 is 0 Å². The first-order valence-corrected chi connectivity index (χ1v) is 10.4. The summed E-state index contributed by atoms with van der Waals surface area (Å²) in [4.78, 5) is 14.3. The normalized spacial score (nSPS) is 11.1. The standard InChI is InChI=1S/C22H23Cl2FN4O/c1-29(13-11-21(30)26-22-18(23)5-2-6-19(22)24)12-3-4-17-14-20(28-27-17)15-7-9-16(25)10-8-15/h2,5-10,14H,3-4,11-13H2,1H3,(H,26,30)(H,27,28). The molecule has 1 heterocycles. The van der Waals surface area contributed by atoms with Crippen molar-refractivity contribution in [2.75, 3.05) is 25.5 Å². The second-order valence-electron chi connectivity index (χ2n) is 7.09. The number of hydrogen-bond donors (Lipinski definition) is 2. The highest BCUT2D eigenvalue weighted by Crippen LogP contribution is 2.29. The Morgan fingerprint density at radius 3 is 2.53 bits per heavy atom. The average Bonchev–Trinajstić information content (AvgIpc) is 3.19. The molecule has 1 amide bonds. The third-order valence-electron chi connectivity index (χ3n) is 4.70. The molecule has 0 aliphatic carbocycles. The number of carbonyl (C=O) groups is 1. The van der Waals surface area contributed by atoms with Gasteiger partial charge < -0.3 is 10.2 Å². The third kappa shape index (κ3) is 6.29. The van der Waals surface area contributed by atoms with Crippen molar-refractivity contribution in [1.82, 2.24) is 15.1 Å². The van der Waals surface area contributed by atoms with E-state index in [1.165, 1.54) is 12.1 Å². The number of aromatic nitrogens is 2. The summed E-state index contributed by atoms with van der Waals surface area (Å²) in [6.07, 6.45) is 2.09. The van der Waals surface area contributed by atoms with Crippen LogP contribution in [0.1, 0.15) is 18.5 Å². The first-order valence-electron chi connectivity index (χ1n) is 9.65. The predicted octanol–water partition coefficient (Wildman–Crippen LogP) is 5.42. The van der Waals surface area contributed by atoms with E-state index in [0.29, 0.717) is 28.7 Å². The minimum absolute atomic E-state index is 0.130. The van der Waals surface area contributed by atoms with Crippen molar-refractivity contribution in [2.45, 2.75) is 19.3 Å². The van der Waals surface area contributed by atoms with Gasteiger partial charge in [0.2, 0.25) is 5.91 Å². The van der Waals surface area contributed by atoms with Crippen LogP contribution >= 0.6 is 23.2 Å². The van der Waals surface area contributed by atoms with Crippen molar-refractivity contribution in [2.24, 2.45) is 0 Å². The van der Waals surface area contributed by atoms with Gasteiger partial charge in [-0.3, -0.25) is 9.89 Å². The van der Waals surface area contributed by atoms with Gasteiger partial charge in [-0.25, -0.2) is 4.39 Å². The topological polar surface area (TPSA) is 61.0 Å². The molecule has 3 aromatic rings. The summed E-state index contributed by atoms with van der Waals surface area (Å²) >= 11 is 12.2. The smallest absolute Gasteiger partial charge is 0.225 e. The fourth-order valence-corrected chi connectivity index (χ4v) is 3.51. The van der Waals surface area contributed by atoms with Crippen molar-refractivity contribution >= 4 is 34.8 Å². The van der Waals surface area contributed by atoms with Gasteiger partial charge >= 0.3 is 0 Å². The SMILES string of the molecule is CN(CCCc1cc(-c2ccc(F)cc2)n[nH]1)CCC(=O)Nc1c(Cl)cccc1Cl. The summed E-state index contributed by atoms with van der Waals surface area (Å²) in [7, 11) is 1.98. The van der Waals surface area contributed by atoms with Gasteiger partial charge in [0.1, 0.15) is 5.82 Å². The Bertz CT molecular complexity index is 971. The second kappa shape index (κ2) is 10.6. The number of carbonyl (C=O) groups excluding carboxylic acids is 1. The Hall–Kier alpha value is -2.41. The number of nitrogens with one attached hydrogen (secondary N) is 2. The van der Waals surface area contributed by atoms with E-state index in [4.69, 9.17) is 23.2 Å². The quantitative estimate of drug-likeness (QED) is 0.459. The predicted molar refractivity (Wildman–Crippen MR) is 120 cm³/mol. The number of amides is 1. The van der Waals surface area contributed by atoms with Gasteiger partial charge in [-0.15, -0.1) is 0 Å². The van der Waals surface area contributed by atoms with Crippen LogP contribution in [0.4, 0.5) is 10.1 Å². The molecule has 3 rings (SSSR count). The monoisotopic (exact) mass is 448 g/mol. The number of halogens is 3. The molecule has 5 nitrogen and oxygen atoms in total. The van der Waals surface area contributed by atoms with Gasteiger partial charge in [0.05, 0.1) is 21.4 Å². The molecule has 2 aromatic carbocycles. The van der Waals surface area contributed by atoms with E-state index in [9.17, 15) is 9.18 Å². The van der Waals surface area contributed by atoms with Crippen LogP contribution in [-0.4, -0.2) is 41.1 Å². The molecule has 2 N–H and O–H groups in total. The lowest BCUT2D eigenvalue weighted by Crippen LogP contribution is -2.25. The molecule has 158 valence electrons. The number of aromatic amines is 1. The van der Waals surface area contributed by atoms with Crippen LogP contribution in [0, 0.1) is 5.82 Å². The van der Waals surface area contributed by atoms with E-state index in [0.717, 1.165) is 36.3 Å². The number of benzene rings is 2. The highest BCUT2D eigenvalue weighted by molar-refractivity contribution is 6.39. The summed E-state index contributed by atoms with van der Waals surface area (Å²) in [6.45, 7) is 1.46. The molecule has 0 bridgehead atoms. The maximum atomic E-state index is 13.0. The lowest BCUT2D eigenvalue weighted by Gasteiger charge is -2.16. The van der Waals surface area contributed by atoms with E-state index in [2.05, 4.69) is 20.4 Å². The molecule has 0 fully saturated rings. The summed E-state index contributed by atoms with van der Waals surface area (Å²) in [6, 6.07) is 13.4. The van der Waals surface area contributed by atoms with Gasteiger partial charge in [0.15, 0.2) is 0 Å². The summed E-state index contributed by atoms with van der Waals surface area (Å²) < 4.78 is 13.0. The molecule has 8 heteroatoms. The molecule has 0 unspecified atom stereocenters. The number of nitrogens with zero attached hydrogens (tertiary/aromatic N) is 2. The van der Waals surface area contributed by atoms with E-state index in [-0.39, 0.29) is 11.7 Å². The maximum absolute atomic E-state index is 13.0. The zero-order valence-corrected chi connectivity index (χ0v) is 18.1. The van der Waals surface area contributed by atoms with E-state index in [1.54, 1.807) is 30.3 Å². The van der Waals surface area contributed by atoms with Crippen LogP contribution in [0.5, 0.6) is 0 Å². The fourth-order valence-electron chi connectivity index (χ4n) is 3.02. The van der Waals surface area contributed by atoms with Gasteiger partial charge in [-0.1, -0.05) is 29.3 Å². The number of rotatable bonds is 9. The summed E-state index contributed by atoms with van der Waals surface area (Å²) in [5.41, 5.74) is 3.15. The molecular weight excluding hydrogens is 426 g/mol. The van der Waals surface area contributed by atoms with Gasteiger partial charge in [0, 0.05) is 24.2 Å². The van der Waals surface area contributed by atoms with Crippen LogP contribution < -0.4 is 5.32 Å². The Kier molecular flexibility index (Phi) is 7.85. The van der Waals surface area contributed by atoms with Crippen molar-refractivity contribution < 1.29 is 9.18 Å². The highest BCUT2D eigenvalue weighted by atomic mass is 35.5. The minimum atomic E-state index is -0.263. The zero-order valence-electron chi connectivity index (χ0n) is 16.6. The van der Waals surface area contributed by atoms with Crippen LogP contribution in [-0.2, 0) is 11.2 Å². The van der Waals surface area contributed by atoms with Gasteiger partial charge in [-0.2, -0.15) is 5.10 Å². The van der Waals surface area contributed by atoms with Crippen molar-refractivity contribution in [3.63, 3.8) is 0 Å². The Balaban J connectivity index is 1.39. The second-order valence-corrected chi connectivity index (χ2v) is 7.90. The maximum Gasteiger partial charge on any atom is 0.225 e. The molecule has 0 aliphatic heterocycles. The number of anilines is 1. The van der Waals surface area contributed by atoms with Crippen LogP contribution in [0.25, 0.3) is 11.3 Å². The Labute approximate surface area is 185 Å². The highest BCUT2D eigenvalue weighted by Gasteiger charge is 2.11. The van der Waals surface area contributed by atoms with Crippen LogP contribution in [0.15, 0.2) is 48.5 Å². The molecular formula is C22H23Cl2FN4O. The van der Waals surface area contributed by atoms with E-state index in [1.807, 2.05) is 13.1 Å². The Morgan fingerprint density at radius 2 is 1.83 bits per heavy atom. The lowest BCUT2D eigenvalue weighted by atomic mass is 10.1. The molecule has 0 spiro atoms. The number of aryl methyl sites for hydroxylation is 1. The van der Waals surface area contributed by atoms with Crippen molar-refractivity contribution in [3.8, 4) is 11.3 Å². The van der Waals surface area contributed by atoms with E-state index < -0.39 is 0 Å². The number of H-pyrrole nitrogens is 1. The third-order valence-corrected chi connectivity index (χ3v) is 5.33. The molecule has 0 atom stereocenters. The summed E-state index contributed by atoms with van der Waals surface area (Å²) in [5.74, 6) is -0.393.